The number of aromatic nitrogens is 1. The first kappa shape index (κ1) is 36.5. The number of halogens is 1. The number of unbranched alkanes of at least 4 members (excludes halogenated alkanes) is 1. The van der Waals surface area contributed by atoms with Crippen LogP contribution in [0, 0.1) is 41.4 Å². The van der Waals surface area contributed by atoms with E-state index in [4.69, 9.17) is 27.4 Å². The Balaban J connectivity index is 1.02. The van der Waals surface area contributed by atoms with Gasteiger partial charge in [-0.15, -0.1) is 11.3 Å². The molecule has 3 aliphatic heterocycles. The maximum atomic E-state index is 13.1. The second-order valence-electron chi connectivity index (χ2n) is 13.4. The molecule has 0 spiro atoms. The van der Waals surface area contributed by atoms with Crippen LogP contribution in [0.4, 0.5) is 5.00 Å². The Morgan fingerprint density at radius 1 is 1.07 bits per heavy atom. The number of carbonyl (C=O) groups is 3. The zero-order chi connectivity index (χ0) is 38.1. The average Bonchev–Trinajstić information content (AvgIpc) is 3.62. The van der Waals surface area contributed by atoms with Gasteiger partial charge >= 0.3 is 0 Å². The number of thiophene rings is 1. The largest absolute Gasteiger partial charge is 0.322 e. The number of pyridine rings is 1. The highest BCUT2D eigenvalue weighted by Crippen LogP contribution is 2.40. The zero-order valence-corrected chi connectivity index (χ0v) is 31.5. The molecular formula is C42H36ClN7O3S. The van der Waals surface area contributed by atoms with Crippen LogP contribution in [0.3, 0.4) is 0 Å². The molecule has 2 aromatic heterocycles. The molecule has 3 N–H and O–H groups in total. The molecular weight excluding hydrogens is 718 g/mol. The minimum Gasteiger partial charge on any atom is -0.322 e. The number of fused-ring (bicyclic) bond motifs is 2. The standard InChI is InChI=1S/C42H36ClN7O3S/c1-24-35(54-42-37(24)38(29-13-15-30(43)16-14-29)47-25(2)39(45)50(42)26(3)44)20-18-31-17-12-27(22-46-31)8-5-4-6-9-28-10-7-11-32-33(28)23-49(41(32)53)34-19-21-36(51)48-40(34)52/h7,10-17,22,25,34,44-45H,4-5,8,19,21,23H2,1-3H3,(H,48,51,52)/t25-,34?/m0/s1. The fourth-order valence-electron chi connectivity index (χ4n) is 6.84. The highest BCUT2D eigenvalue weighted by Gasteiger charge is 2.39. The molecule has 0 aliphatic carbocycles. The maximum absolute atomic E-state index is 13.1. The van der Waals surface area contributed by atoms with Crippen molar-refractivity contribution in [2.75, 3.05) is 4.90 Å². The Hall–Kier alpha value is -5.88. The topological polar surface area (TPSA) is 143 Å². The van der Waals surface area contributed by atoms with Crippen molar-refractivity contribution < 1.29 is 14.4 Å². The van der Waals surface area contributed by atoms with Crippen molar-refractivity contribution in [3.63, 3.8) is 0 Å². The molecule has 10 nitrogen and oxygen atoms in total. The number of amides is 3. The van der Waals surface area contributed by atoms with E-state index in [9.17, 15) is 14.4 Å². The molecule has 12 heteroatoms. The number of rotatable bonds is 5. The average molecular weight is 754 g/mol. The zero-order valence-electron chi connectivity index (χ0n) is 30.0. The summed E-state index contributed by atoms with van der Waals surface area (Å²) in [6.45, 7) is 5.84. The third-order valence-electron chi connectivity index (χ3n) is 9.68. The molecule has 3 amide bonds. The van der Waals surface area contributed by atoms with E-state index in [1.54, 1.807) is 22.8 Å². The lowest BCUT2D eigenvalue weighted by Gasteiger charge is -2.29. The van der Waals surface area contributed by atoms with Crippen LogP contribution in [0.2, 0.25) is 5.02 Å². The van der Waals surface area contributed by atoms with Crippen molar-refractivity contribution in [2.45, 2.75) is 71.5 Å². The monoisotopic (exact) mass is 753 g/mol. The smallest absolute Gasteiger partial charge is 0.255 e. The third kappa shape index (κ3) is 7.21. The van der Waals surface area contributed by atoms with Gasteiger partial charge in [0.05, 0.1) is 10.6 Å². The van der Waals surface area contributed by atoms with E-state index >= 15 is 0 Å². The fraction of sp³-hybridized carbons (Fsp3) is 0.262. The van der Waals surface area contributed by atoms with Gasteiger partial charge in [-0.25, -0.2) is 4.98 Å². The molecule has 2 aromatic carbocycles. The molecule has 0 bridgehead atoms. The summed E-state index contributed by atoms with van der Waals surface area (Å²) in [4.78, 5) is 50.7. The number of carbonyl (C=O) groups excluding carboxylic acids is 3. The van der Waals surface area contributed by atoms with E-state index in [1.807, 2.05) is 68.6 Å². The van der Waals surface area contributed by atoms with Crippen molar-refractivity contribution in [1.82, 2.24) is 15.2 Å². The quantitative estimate of drug-likeness (QED) is 0.0687. The molecule has 2 atom stereocenters. The van der Waals surface area contributed by atoms with Gasteiger partial charge in [-0.3, -0.25) is 40.4 Å². The Labute approximate surface area is 322 Å². The van der Waals surface area contributed by atoms with Gasteiger partial charge in [0.2, 0.25) is 11.8 Å². The fourth-order valence-corrected chi connectivity index (χ4v) is 8.19. The molecule has 0 saturated carbocycles. The van der Waals surface area contributed by atoms with Crippen molar-refractivity contribution >= 4 is 63.0 Å². The second-order valence-corrected chi connectivity index (χ2v) is 14.8. The van der Waals surface area contributed by atoms with Crippen molar-refractivity contribution in [3.8, 4) is 23.7 Å². The van der Waals surface area contributed by atoms with Gasteiger partial charge < -0.3 is 4.90 Å². The van der Waals surface area contributed by atoms with Gasteiger partial charge in [0.1, 0.15) is 34.4 Å². The van der Waals surface area contributed by atoms with Crippen molar-refractivity contribution in [1.29, 1.82) is 10.8 Å². The summed E-state index contributed by atoms with van der Waals surface area (Å²) < 4.78 is 0. The number of aliphatic imine (C=N–C) groups is 1. The number of nitrogens with zero attached hydrogens (tertiary/aromatic N) is 4. The number of anilines is 1. The summed E-state index contributed by atoms with van der Waals surface area (Å²) in [5.41, 5.74) is 7.27. The molecule has 0 radical (unpaired) electrons. The van der Waals surface area contributed by atoms with Crippen LogP contribution >= 0.6 is 22.9 Å². The van der Waals surface area contributed by atoms with Gasteiger partial charge in [-0.2, -0.15) is 0 Å². The van der Waals surface area contributed by atoms with Gasteiger partial charge in [0.15, 0.2) is 0 Å². The Morgan fingerprint density at radius 3 is 2.59 bits per heavy atom. The summed E-state index contributed by atoms with van der Waals surface area (Å²) in [6.07, 6.45) is 4.64. The van der Waals surface area contributed by atoms with Crippen LogP contribution < -0.4 is 10.2 Å². The molecule has 7 rings (SSSR count). The maximum Gasteiger partial charge on any atom is 0.255 e. The summed E-state index contributed by atoms with van der Waals surface area (Å²) in [7, 11) is 0. The van der Waals surface area contributed by atoms with E-state index < -0.39 is 18.0 Å². The predicted molar refractivity (Wildman–Crippen MR) is 212 cm³/mol. The number of piperidine rings is 1. The molecule has 54 heavy (non-hydrogen) atoms. The van der Waals surface area contributed by atoms with Crippen molar-refractivity contribution in [2.24, 2.45) is 4.99 Å². The number of imide groups is 1. The molecule has 1 unspecified atom stereocenters. The Morgan fingerprint density at radius 2 is 1.87 bits per heavy atom. The number of nitrogens with one attached hydrogen (secondary N) is 3. The number of amidine groups is 2. The first-order chi connectivity index (χ1) is 26.0. The highest BCUT2D eigenvalue weighted by molar-refractivity contribution is 7.17. The lowest BCUT2D eigenvalue weighted by Crippen LogP contribution is -2.52. The Bertz CT molecular complexity index is 2390. The van der Waals surface area contributed by atoms with E-state index in [0.29, 0.717) is 35.7 Å². The van der Waals surface area contributed by atoms with Crippen LogP contribution in [0.1, 0.15) is 93.8 Å². The minimum atomic E-state index is -0.656. The highest BCUT2D eigenvalue weighted by atomic mass is 35.5. The Kier molecular flexibility index (Phi) is 10.3. The first-order valence-electron chi connectivity index (χ1n) is 17.6. The van der Waals surface area contributed by atoms with Crippen LogP contribution in [0.25, 0.3) is 0 Å². The predicted octanol–water partition coefficient (Wildman–Crippen LogP) is 6.66. The third-order valence-corrected chi connectivity index (χ3v) is 11.1. The normalized spacial score (nSPS) is 17.7. The minimum absolute atomic E-state index is 0.206. The number of aryl methyl sites for hydroxylation is 1. The van der Waals surface area contributed by atoms with Crippen LogP contribution in [0.5, 0.6) is 0 Å². The van der Waals surface area contributed by atoms with Crippen LogP contribution in [0.15, 0.2) is 65.8 Å². The number of benzene rings is 2. The van der Waals surface area contributed by atoms with E-state index in [1.165, 1.54) is 11.3 Å². The number of hydrogen-bond donors (Lipinski definition) is 3. The van der Waals surface area contributed by atoms with E-state index in [0.717, 1.165) is 61.8 Å². The lowest BCUT2D eigenvalue weighted by molar-refractivity contribution is -0.136. The summed E-state index contributed by atoms with van der Waals surface area (Å²) in [5, 5.41) is 21.1. The van der Waals surface area contributed by atoms with Gasteiger partial charge in [-0.1, -0.05) is 47.7 Å². The molecule has 1 saturated heterocycles. The molecule has 3 aliphatic rings. The summed E-state index contributed by atoms with van der Waals surface area (Å²) in [5.74, 6) is 12.5. The second kappa shape index (κ2) is 15.2. The van der Waals surface area contributed by atoms with E-state index in [2.05, 4.69) is 34.0 Å². The van der Waals surface area contributed by atoms with Crippen LogP contribution in [-0.4, -0.2) is 57.1 Å². The van der Waals surface area contributed by atoms with Crippen LogP contribution in [-0.2, 0) is 22.6 Å². The summed E-state index contributed by atoms with van der Waals surface area (Å²) in [6, 6.07) is 15.8. The van der Waals surface area contributed by atoms with Crippen molar-refractivity contribution in [3.05, 3.63) is 115 Å². The lowest BCUT2D eigenvalue weighted by atomic mass is 9.99. The summed E-state index contributed by atoms with van der Waals surface area (Å²) >= 11 is 7.63. The SMILES string of the molecule is CC(=N)N1C(=N)[C@H](C)N=C(c2ccc(Cl)cc2)c2c1sc(C#Cc1ccc(CCCC#Cc3cccc4c3CN(C3CCC(=O)NC3=O)C4=O)cn1)c2C. The van der Waals surface area contributed by atoms with Gasteiger partial charge in [0, 0.05) is 52.9 Å². The van der Waals surface area contributed by atoms with E-state index in [-0.39, 0.29) is 29.9 Å². The first-order valence-corrected chi connectivity index (χ1v) is 18.8. The van der Waals surface area contributed by atoms with Gasteiger partial charge in [0.25, 0.3) is 5.91 Å². The number of hydrogen-bond acceptors (Lipinski definition) is 8. The van der Waals surface area contributed by atoms with Gasteiger partial charge in [-0.05, 0) is 98.9 Å². The molecule has 5 heterocycles. The molecule has 1 fully saturated rings. The molecule has 270 valence electrons. The molecule has 4 aromatic rings.